The third-order valence-corrected chi connectivity index (χ3v) is 1.44. The number of rotatable bonds is 7. The zero-order valence-corrected chi connectivity index (χ0v) is 8.02. The van der Waals surface area contributed by atoms with E-state index in [2.05, 4.69) is 6.58 Å². The molecule has 1 atom stereocenters. The quantitative estimate of drug-likeness (QED) is 0.595. The summed E-state index contributed by atoms with van der Waals surface area (Å²) in [6, 6.07) is 0. The van der Waals surface area contributed by atoms with Crippen LogP contribution in [-0.2, 0) is 14.3 Å². The summed E-state index contributed by atoms with van der Waals surface area (Å²) >= 11 is 0. The molecule has 0 aromatic carbocycles. The number of aliphatic carboxylic acids is 2. The van der Waals surface area contributed by atoms with Crippen LogP contribution in [0.15, 0.2) is 12.2 Å². The standard InChI is InChI=1S/C9H14O5/c1-6(2)4-14-5-7(9(12)13)3-8(10)11/h7H,1,3-5H2,2H3,(H,10,11)(H,12,13). The SMILES string of the molecule is C=C(C)COCC(CC(=O)O)C(=O)O. The van der Waals surface area contributed by atoms with E-state index < -0.39 is 24.3 Å². The summed E-state index contributed by atoms with van der Waals surface area (Å²) in [5, 5.41) is 17.0. The molecule has 14 heavy (non-hydrogen) atoms. The number of carboxylic acid groups (broad SMARTS) is 2. The average molecular weight is 202 g/mol. The van der Waals surface area contributed by atoms with Crippen molar-refractivity contribution < 1.29 is 24.5 Å². The zero-order valence-electron chi connectivity index (χ0n) is 8.02. The molecule has 0 bridgehead atoms. The van der Waals surface area contributed by atoms with Crippen LogP contribution in [0.1, 0.15) is 13.3 Å². The van der Waals surface area contributed by atoms with Gasteiger partial charge in [0.2, 0.25) is 0 Å². The molecule has 0 radical (unpaired) electrons. The van der Waals surface area contributed by atoms with E-state index in [9.17, 15) is 9.59 Å². The highest BCUT2D eigenvalue weighted by atomic mass is 16.5. The van der Waals surface area contributed by atoms with E-state index in [1.54, 1.807) is 6.92 Å². The van der Waals surface area contributed by atoms with Gasteiger partial charge in [-0.1, -0.05) is 12.2 Å². The molecular formula is C9H14O5. The van der Waals surface area contributed by atoms with Crippen LogP contribution >= 0.6 is 0 Å². The number of carbonyl (C=O) groups is 2. The Labute approximate surface area is 82.0 Å². The van der Waals surface area contributed by atoms with Gasteiger partial charge < -0.3 is 14.9 Å². The van der Waals surface area contributed by atoms with Gasteiger partial charge >= 0.3 is 11.9 Å². The van der Waals surface area contributed by atoms with Crippen LogP contribution in [0, 0.1) is 5.92 Å². The molecule has 0 aliphatic rings. The van der Waals surface area contributed by atoms with Crippen LogP contribution in [0.2, 0.25) is 0 Å². The molecule has 0 amide bonds. The van der Waals surface area contributed by atoms with Crippen molar-refractivity contribution in [2.24, 2.45) is 5.92 Å². The lowest BCUT2D eigenvalue weighted by molar-refractivity contribution is -0.150. The van der Waals surface area contributed by atoms with E-state index in [1.165, 1.54) is 0 Å². The molecule has 80 valence electrons. The van der Waals surface area contributed by atoms with Gasteiger partial charge in [0.05, 0.1) is 25.6 Å². The number of hydrogen-bond acceptors (Lipinski definition) is 3. The minimum Gasteiger partial charge on any atom is -0.481 e. The maximum atomic E-state index is 10.5. The van der Waals surface area contributed by atoms with Crippen molar-refractivity contribution in [1.82, 2.24) is 0 Å². The van der Waals surface area contributed by atoms with Crippen molar-refractivity contribution in [2.75, 3.05) is 13.2 Å². The number of carboxylic acids is 2. The molecule has 0 aromatic rings. The summed E-state index contributed by atoms with van der Waals surface area (Å²) in [5.41, 5.74) is 0.768. The molecule has 0 fully saturated rings. The predicted molar refractivity (Wildman–Crippen MR) is 49.0 cm³/mol. The van der Waals surface area contributed by atoms with Gasteiger partial charge in [0.25, 0.3) is 0 Å². The minimum atomic E-state index is -1.16. The summed E-state index contributed by atoms with van der Waals surface area (Å²) in [7, 11) is 0. The first kappa shape index (κ1) is 12.6. The Hall–Kier alpha value is -1.36. The van der Waals surface area contributed by atoms with Crippen molar-refractivity contribution >= 4 is 11.9 Å². The maximum Gasteiger partial charge on any atom is 0.309 e. The summed E-state index contributed by atoms with van der Waals surface area (Å²) in [4.78, 5) is 20.8. The molecule has 5 nitrogen and oxygen atoms in total. The molecular weight excluding hydrogens is 188 g/mol. The minimum absolute atomic E-state index is 0.103. The lowest BCUT2D eigenvalue weighted by Gasteiger charge is -2.10. The van der Waals surface area contributed by atoms with Crippen molar-refractivity contribution in [3.8, 4) is 0 Å². The maximum absolute atomic E-state index is 10.5. The topological polar surface area (TPSA) is 83.8 Å². The fourth-order valence-electron chi connectivity index (χ4n) is 0.804. The molecule has 0 rings (SSSR count). The van der Waals surface area contributed by atoms with Gasteiger partial charge in [0.15, 0.2) is 0 Å². The van der Waals surface area contributed by atoms with Gasteiger partial charge in [-0.05, 0) is 6.92 Å². The Morgan fingerprint density at radius 1 is 1.43 bits per heavy atom. The Balaban J connectivity index is 3.91. The van der Waals surface area contributed by atoms with E-state index in [-0.39, 0.29) is 13.2 Å². The summed E-state index contributed by atoms with van der Waals surface area (Å²) < 4.78 is 4.98. The van der Waals surface area contributed by atoms with Gasteiger partial charge in [0.1, 0.15) is 0 Å². The zero-order chi connectivity index (χ0) is 11.1. The van der Waals surface area contributed by atoms with Gasteiger partial charge in [-0.25, -0.2) is 0 Å². The Bertz CT molecular complexity index is 233. The van der Waals surface area contributed by atoms with E-state index in [0.29, 0.717) is 0 Å². The highest BCUT2D eigenvalue weighted by molar-refractivity contribution is 5.77. The molecule has 0 heterocycles. The van der Waals surface area contributed by atoms with Gasteiger partial charge in [-0.2, -0.15) is 0 Å². The van der Waals surface area contributed by atoms with Crippen molar-refractivity contribution in [3.63, 3.8) is 0 Å². The highest BCUT2D eigenvalue weighted by Crippen LogP contribution is 2.05. The van der Waals surface area contributed by atoms with Crippen molar-refractivity contribution in [2.45, 2.75) is 13.3 Å². The fourth-order valence-corrected chi connectivity index (χ4v) is 0.804. The van der Waals surface area contributed by atoms with Crippen LogP contribution in [0.25, 0.3) is 0 Å². The number of ether oxygens (including phenoxy) is 1. The first-order chi connectivity index (χ1) is 6.43. The van der Waals surface area contributed by atoms with Gasteiger partial charge in [-0.3, -0.25) is 9.59 Å². The fraction of sp³-hybridized carbons (Fsp3) is 0.556. The molecule has 0 saturated carbocycles. The predicted octanol–water partition coefficient (Wildman–Crippen LogP) is 0.755. The molecule has 0 aromatic heterocycles. The second-order valence-corrected chi connectivity index (χ2v) is 3.11. The molecule has 5 heteroatoms. The molecule has 0 aliphatic carbocycles. The normalized spacial score (nSPS) is 12.1. The van der Waals surface area contributed by atoms with Crippen molar-refractivity contribution in [3.05, 3.63) is 12.2 Å². The molecule has 0 aliphatic heterocycles. The van der Waals surface area contributed by atoms with Crippen LogP contribution in [0.3, 0.4) is 0 Å². The van der Waals surface area contributed by atoms with E-state index >= 15 is 0 Å². The van der Waals surface area contributed by atoms with E-state index in [4.69, 9.17) is 14.9 Å². The van der Waals surface area contributed by atoms with Crippen LogP contribution < -0.4 is 0 Å². The highest BCUT2D eigenvalue weighted by Gasteiger charge is 2.20. The van der Waals surface area contributed by atoms with E-state index in [0.717, 1.165) is 5.57 Å². The third-order valence-electron chi connectivity index (χ3n) is 1.44. The lowest BCUT2D eigenvalue weighted by atomic mass is 10.1. The third kappa shape index (κ3) is 6.19. The van der Waals surface area contributed by atoms with Crippen LogP contribution in [-0.4, -0.2) is 35.4 Å². The van der Waals surface area contributed by atoms with Gasteiger partial charge in [-0.15, -0.1) is 0 Å². The lowest BCUT2D eigenvalue weighted by Crippen LogP contribution is -2.23. The average Bonchev–Trinajstić information content (AvgIpc) is 2.00. The van der Waals surface area contributed by atoms with Gasteiger partial charge in [0, 0.05) is 0 Å². The summed E-state index contributed by atoms with van der Waals surface area (Å²) in [6.07, 6.45) is -0.425. The molecule has 1 unspecified atom stereocenters. The van der Waals surface area contributed by atoms with E-state index in [1.807, 2.05) is 0 Å². The van der Waals surface area contributed by atoms with Crippen molar-refractivity contribution in [1.29, 1.82) is 0 Å². The summed E-state index contributed by atoms with van der Waals surface area (Å²) in [5.74, 6) is -3.29. The largest absolute Gasteiger partial charge is 0.481 e. The number of hydrogen-bond donors (Lipinski definition) is 2. The smallest absolute Gasteiger partial charge is 0.309 e. The second kappa shape index (κ2) is 6.15. The Morgan fingerprint density at radius 2 is 2.00 bits per heavy atom. The molecule has 2 N–H and O–H groups in total. The Kier molecular flexibility index (Phi) is 5.55. The van der Waals surface area contributed by atoms with Crippen LogP contribution in [0.5, 0.6) is 0 Å². The first-order valence-corrected chi connectivity index (χ1v) is 4.10. The summed E-state index contributed by atoms with van der Waals surface area (Å²) in [6.45, 7) is 5.46. The second-order valence-electron chi connectivity index (χ2n) is 3.11. The monoisotopic (exact) mass is 202 g/mol. The Morgan fingerprint density at radius 3 is 2.36 bits per heavy atom. The molecule has 0 saturated heterocycles. The van der Waals surface area contributed by atoms with Crippen LogP contribution in [0.4, 0.5) is 0 Å². The molecule has 0 spiro atoms. The first-order valence-electron chi connectivity index (χ1n) is 4.10.